The van der Waals surface area contributed by atoms with Gasteiger partial charge in [-0.05, 0) is 56.3 Å². The van der Waals surface area contributed by atoms with Crippen LogP contribution in [0.25, 0.3) is 0 Å². The van der Waals surface area contributed by atoms with Crippen LogP contribution >= 0.6 is 0 Å². The van der Waals surface area contributed by atoms with Gasteiger partial charge in [0.2, 0.25) is 0 Å². The van der Waals surface area contributed by atoms with Crippen LogP contribution in [-0.4, -0.2) is 25.0 Å². The maximum absolute atomic E-state index is 3.89. The van der Waals surface area contributed by atoms with Gasteiger partial charge in [-0.15, -0.1) is 0 Å². The zero-order valence-corrected chi connectivity index (χ0v) is 14.4. The molecule has 118 valence electrons. The molecule has 0 radical (unpaired) electrons. The van der Waals surface area contributed by atoms with Crippen LogP contribution in [-0.2, 0) is 6.54 Å². The second-order valence-corrected chi connectivity index (χ2v) is 7.47. The highest BCUT2D eigenvalue weighted by molar-refractivity contribution is 5.52. The lowest BCUT2D eigenvalue weighted by Gasteiger charge is -2.38. The SMILES string of the molecule is CC1CCC(C(C)C)C(Nc2ccccc2CN(C)C)C1. The van der Waals surface area contributed by atoms with Crippen molar-refractivity contribution in [2.24, 2.45) is 17.8 Å². The minimum Gasteiger partial charge on any atom is -0.382 e. The van der Waals surface area contributed by atoms with E-state index in [4.69, 9.17) is 0 Å². The summed E-state index contributed by atoms with van der Waals surface area (Å²) < 4.78 is 0. The van der Waals surface area contributed by atoms with Gasteiger partial charge < -0.3 is 10.2 Å². The molecule has 0 aromatic heterocycles. The second kappa shape index (κ2) is 7.31. The van der Waals surface area contributed by atoms with E-state index in [1.54, 1.807) is 0 Å². The summed E-state index contributed by atoms with van der Waals surface area (Å²) in [6.07, 6.45) is 4.06. The number of anilines is 1. The van der Waals surface area contributed by atoms with E-state index in [-0.39, 0.29) is 0 Å². The summed E-state index contributed by atoms with van der Waals surface area (Å²) in [5.74, 6) is 2.41. The maximum atomic E-state index is 3.89. The average Bonchev–Trinajstić information content (AvgIpc) is 2.40. The van der Waals surface area contributed by atoms with E-state index in [1.165, 1.54) is 30.5 Å². The normalized spacial score (nSPS) is 26.3. The predicted molar refractivity (Wildman–Crippen MR) is 92.6 cm³/mol. The molecule has 1 aliphatic carbocycles. The van der Waals surface area contributed by atoms with Gasteiger partial charge in [-0.1, -0.05) is 45.4 Å². The molecule has 1 saturated carbocycles. The maximum Gasteiger partial charge on any atom is 0.0388 e. The van der Waals surface area contributed by atoms with Gasteiger partial charge in [0.15, 0.2) is 0 Å². The van der Waals surface area contributed by atoms with Gasteiger partial charge in [0.1, 0.15) is 0 Å². The standard InChI is InChI=1S/C19H32N2/c1-14(2)17-11-10-15(3)12-19(17)20-18-9-7-6-8-16(18)13-21(4)5/h6-9,14-15,17,19-20H,10-13H2,1-5H3. The highest BCUT2D eigenvalue weighted by atomic mass is 15.1. The Hall–Kier alpha value is -1.02. The number of hydrogen-bond acceptors (Lipinski definition) is 2. The third kappa shape index (κ3) is 4.47. The van der Waals surface area contributed by atoms with Crippen LogP contribution in [0.1, 0.15) is 45.6 Å². The van der Waals surface area contributed by atoms with E-state index in [0.29, 0.717) is 6.04 Å². The van der Waals surface area contributed by atoms with Gasteiger partial charge >= 0.3 is 0 Å². The van der Waals surface area contributed by atoms with Gasteiger partial charge in [0.05, 0.1) is 0 Å². The van der Waals surface area contributed by atoms with Crippen LogP contribution in [0.2, 0.25) is 0 Å². The Balaban J connectivity index is 2.15. The van der Waals surface area contributed by atoms with Crippen molar-refractivity contribution >= 4 is 5.69 Å². The van der Waals surface area contributed by atoms with Crippen LogP contribution in [0.4, 0.5) is 5.69 Å². The first-order chi connectivity index (χ1) is 9.97. The number of para-hydroxylation sites is 1. The Kier molecular flexibility index (Phi) is 5.69. The van der Waals surface area contributed by atoms with Gasteiger partial charge in [-0.2, -0.15) is 0 Å². The molecule has 0 heterocycles. The van der Waals surface area contributed by atoms with Crippen molar-refractivity contribution in [2.75, 3.05) is 19.4 Å². The van der Waals surface area contributed by atoms with Crippen LogP contribution in [0.3, 0.4) is 0 Å². The van der Waals surface area contributed by atoms with Crippen LogP contribution in [0.5, 0.6) is 0 Å². The van der Waals surface area contributed by atoms with Crippen molar-refractivity contribution in [2.45, 2.75) is 52.6 Å². The molecule has 0 spiro atoms. The Morgan fingerprint density at radius 3 is 2.57 bits per heavy atom. The van der Waals surface area contributed by atoms with Crippen molar-refractivity contribution in [1.29, 1.82) is 0 Å². The van der Waals surface area contributed by atoms with Crippen molar-refractivity contribution in [3.05, 3.63) is 29.8 Å². The average molecular weight is 288 g/mol. The molecule has 1 fully saturated rings. The topological polar surface area (TPSA) is 15.3 Å². The number of rotatable bonds is 5. The second-order valence-electron chi connectivity index (χ2n) is 7.47. The van der Waals surface area contributed by atoms with Gasteiger partial charge in [-0.3, -0.25) is 0 Å². The summed E-state index contributed by atoms with van der Waals surface area (Å²) in [6.45, 7) is 8.15. The van der Waals surface area contributed by atoms with Crippen LogP contribution < -0.4 is 5.32 Å². The first kappa shape index (κ1) is 16.4. The van der Waals surface area contributed by atoms with Crippen LogP contribution in [0.15, 0.2) is 24.3 Å². The first-order valence-electron chi connectivity index (χ1n) is 8.46. The Morgan fingerprint density at radius 1 is 1.19 bits per heavy atom. The molecule has 1 N–H and O–H groups in total. The van der Waals surface area contributed by atoms with Crippen LogP contribution in [0, 0.1) is 17.8 Å². The summed E-state index contributed by atoms with van der Waals surface area (Å²) in [7, 11) is 4.27. The fraction of sp³-hybridized carbons (Fsp3) is 0.684. The summed E-state index contributed by atoms with van der Waals surface area (Å²) in [5, 5.41) is 3.89. The van der Waals surface area contributed by atoms with Gasteiger partial charge in [-0.25, -0.2) is 0 Å². The summed E-state index contributed by atoms with van der Waals surface area (Å²) in [4.78, 5) is 2.24. The lowest BCUT2D eigenvalue weighted by molar-refractivity contribution is 0.212. The number of nitrogens with zero attached hydrogens (tertiary/aromatic N) is 1. The molecule has 1 aromatic carbocycles. The van der Waals surface area contributed by atoms with Gasteiger partial charge in [0, 0.05) is 18.3 Å². The smallest absolute Gasteiger partial charge is 0.0388 e. The molecule has 2 rings (SSSR count). The highest BCUT2D eigenvalue weighted by Crippen LogP contribution is 2.35. The molecule has 21 heavy (non-hydrogen) atoms. The van der Waals surface area contributed by atoms with E-state index < -0.39 is 0 Å². The van der Waals surface area contributed by atoms with Gasteiger partial charge in [0.25, 0.3) is 0 Å². The molecule has 2 nitrogen and oxygen atoms in total. The Labute approximate surface area is 130 Å². The lowest BCUT2D eigenvalue weighted by Crippen LogP contribution is -2.38. The monoisotopic (exact) mass is 288 g/mol. The van der Waals surface area contributed by atoms with Crippen molar-refractivity contribution in [3.8, 4) is 0 Å². The largest absolute Gasteiger partial charge is 0.382 e. The summed E-state index contributed by atoms with van der Waals surface area (Å²) in [5.41, 5.74) is 2.74. The van der Waals surface area contributed by atoms with E-state index in [0.717, 1.165) is 24.3 Å². The molecule has 3 unspecified atom stereocenters. The fourth-order valence-corrected chi connectivity index (χ4v) is 3.71. The van der Waals surface area contributed by atoms with E-state index in [9.17, 15) is 0 Å². The summed E-state index contributed by atoms with van der Waals surface area (Å²) in [6, 6.07) is 9.41. The molecule has 0 saturated heterocycles. The van der Waals surface area contributed by atoms with E-state index >= 15 is 0 Å². The number of nitrogens with one attached hydrogen (secondary N) is 1. The highest BCUT2D eigenvalue weighted by Gasteiger charge is 2.30. The number of hydrogen-bond donors (Lipinski definition) is 1. The summed E-state index contributed by atoms with van der Waals surface area (Å²) >= 11 is 0. The molecule has 0 amide bonds. The minimum absolute atomic E-state index is 0.622. The number of benzene rings is 1. The zero-order valence-electron chi connectivity index (χ0n) is 14.4. The predicted octanol–water partition coefficient (Wildman–Crippen LogP) is 4.62. The van der Waals surface area contributed by atoms with E-state index in [1.807, 2.05) is 0 Å². The molecule has 0 bridgehead atoms. The third-order valence-corrected chi connectivity index (χ3v) is 4.87. The lowest BCUT2D eigenvalue weighted by atomic mass is 9.74. The molecule has 1 aromatic rings. The molecule has 0 aliphatic heterocycles. The van der Waals surface area contributed by atoms with E-state index in [2.05, 4.69) is 69.3 Å². The van der Waals surface area contributed by atoms with Crippen molar-refractivity contribution < 1.29 is 0 Å². The Bertz CT molecular complexity index is 439. The third-order valence-electron chi connectivity index (χ3n) is 4.87. The fourth-order valence-electron chi connectivity index (χ4n) is 3.71. The Morgan fingerprint density at radius 2 is 1.90 bits per heavy atom. The quantitative estimate of drug-likeness (QED) is 0.850. The molecule has 1 aliphatic rings. The van der Waals surface area contributed by atoms with Crippen molar-refractivity contribution in [1.82, 2.24) is 4.90 Å². The molecule has 2 heteroatoms. The molecule has 3 atom stereocenters. The molecular formula is C19H32N2. The first-order valence-corrected chi connectivity index (χ1v) is 8.46. The molecular weight excluding hydrogens is 256 g/mol. The minimum atomic E-state index is 0.622. The zero-order chi connectivity index (χ0) is 15.4. The van der Waals surface area contributed by atoms with Crippen molar-refractivity contribution in [3.63, 3.8) is 0 Å².